The second kappa shape index (κ2) is 5.12. The minimum absolute atomic E-state index is 0.210. The lowest BCUT2D eigenvalue weighted by atomic mass is 9.94. The van der Waals surface area contributed by atoms with E-state index in [2.05, 4.69) is 22.2 Å². The number of carboxylic acid groups (broad SMARTS) is 1. The van der Waals surface area contributed by atoms with Gasteiger partial charge in [-0.1, -0.05) is 0 Å². The van der Waals surface area contributed by atoms with Gasteiger partial charge in [0.2, 0.25) is 0 Å². The number of nitrogens with one attached hydrogen (secondary N) is 1. The number of hydrogen-bond acceptors (Lipinski definition) is 4. The first-order valence-electron chi connectivity index (χ1n) is 6.03. The zero-order valence-corrected chi connectivity index (χ0v) is 9.85. The molecule has 0 aliphatic carbocycles. The summed E-state index contributed by atoms with van der Waals surface area (Å²) in [5, 5.41) is 12.3. The first-order valence-corrected chi connectivity index (χ1v) is 6.03. The van der Waals surface area contributed by atoms with Gasteiger partial charge in [-0.2, -0.15) is 0 Å². The number of carbonyl (C=O) groups is 1. The molecule has 5 nitrogen and oxygen atoms in total. The largest absolute Gasteiger partial charge is 0.481 e. The van der Waals surface area contributed by atoms with Crippen LogP contribution in [-0.2, 0) is 4.79 Å². The van der Waals surface area contributed by atoms with Crippen molar-refractivity contribution in [3.8, 4) is 0 Å². The highest BCUT2D eigenvalue weighted by molar-refractivity contribution is 5.70. The Labute approximate surface area is 96.4 Å². The summed E-state index contributed by atoms with van der Waals surface area (Å²) in [7, 11) is 2.14. The summed E-state index contributed by atoms with van der Waals surface area (Å²) in [6.45, 7) is 5.87. The predicted octanol–water partition coefficient (Wildman–Crippen LogP) is -0.703. The molecule has 2 aliphatic rings. The molecule has 2 aliphatic heterocycles. The highest BCUT2D eigenvalue weighted by atomic mass is 16.4. The quantitative estimate of drug-likeness (QED) is 0.653. The zero-order chi connectivity index (χ0) is 11.5. The number of carboxylic acids is 1. The number of likely N-dealkylation sites (N-methyl/N-ethyl adjacent to an activating group) is 1. The molecule has 0 aromatic heterocycles. The molecule has 2 fully saturated rings. The lowest BCUT2D eigenvalue weighted by Crippen LogP contribution is -2.55. The van der Waals surface area contributed by atoms with E-state index in [9.17, 15) is 4.79 Å². The highest BCUT2D eigenvalue weighted by Gasteiger charge is 2.31. The number of rotatable bonds is 2. The Morgan fingerprint density at radius 2 is 1.94 bits per heavy atom. The third-order valence-electron chi connectivity index (χ3n) is 3.73. The lowest BCUT2D eigenvalue weighted by Gasteiger charge is -2.41. The van der Waals surface area contributed by atoms with E-state index in [1.165, 1.54) is 0 Å². The van der Waals surface area contributed by atoms with Crippen molar-refractivity contribution < 1.29 is 9.90 Å². The van der Waals surface area contributed by atoms with E-state index >= 15 is 0 Å². The molecule has 5 heteroatoms. The van der Waals surface area contributed by atoms with Gasteiger partial charge < -0.3 is 15.3 Å². The van der Waals surface area contributed by atoms with Crippen molar-refractivity contribution in [2.45, 2.75) is 12.5 Å². The van der Waals surface area contributed by atoms with Crippen molar-refractivity contribution in [2.24, 2.45) is 5.92 Å². The Morgan fingerprint density at radius 1 is 1.25 bits per heavy atom. The molecule has 16 heavy (non-hydrogen) atoms. The molecule has 2 rings (SSSR count). The number of nitrogens with zero attached hydrogens (tertiary/aromatic N) is 2. The maximum Gasteiger partial charge on any atom is 0.307 e. The van der Waals surface area contributed by atoms with Gasteiger partial charge in [0.05, 0.1) is 5.92 Å². The van der Waals surface area contributed by atoms with E-state index in [0.717, 1.165) is 39.1 Å². The van der Waals surface area contributed by atoms with E-state index < -0.39 is 5.97 Å². The second-order valence-electron chi connectivity index (χ2n) is 4.92. The van der Waals surface area contributed by atoms with E-state index in [1.54, 1.807) is 0 Å². The van der Waals surface area contributed by atoms with Gasteiger partial charge in [-0.3, -0.25) is 9.69 Å². The molecular formula is C11H21N3O2. The van der Waals surface area contributed by atoms with Crippen LogP contribution < -0.4 is 5.32 Å². The summed E-state index contributed by atoms with van der Waals surface area (Å²) in [5.74, 6) is -0.871. The number of hydrogen-bond donors (Lipinski definition) is 2. The van der Waals surface area contributed by atoms with Crippen LogP contribution >= 0.6 is 0 Å². The van der Waals surface area contributed by atoms with Crippen LogP contribution in [0.2, 0.25) is 0 Å². The molecule has 2 heterocycles. The van der Waals surface area contributed by atoms with Crippen LogP contribution in [0.4, 0.5) is 0 Å². The number of piperidine rings is 1. The predicted molar refractivity (Wildman–Crippen MR) is 61.5 cm³/mol. The van der Waals surface area contributed by atoms with Crippen molar-refractivity contribution in [1.29, 1.82) is 0 Å². The van der Waals surface area contributed by atoms with E-state index in [-0.39, 0.29) is 5.92 Å². The second-order valence-corrected chi connectivity index (χ2v) is 4.92. The molecule has 0 aromatic rings. The summed E-state index contributed by atoms with van der Waals surface area (Å²) in [4.78, 5) is 15.7. The fourth-order valence-corrected chi connectivity index (χ4v) is 2.57. The van der Waals surface area contributed by atoms with Gasteiger partial charge in [0, 0.05) is 45.3 Å². The summed E-state index contributed by atoms with van der Waals surface area (Å²) in [5.41, 5.74) is 0. The summed E-state index contributed by atoms with van der Waals surface area (Å²) in [6, 6.07) is 0.406. The minimum atomic E-state index is -0.661. The molecule has 0 bridgehead atoms. The van der Waals surface area contributed by atoms with Crippen molar-refractivity contribution in [2.75, 3.05) is 46.3 Å². The standard InChI is InChI=1S/C11H21N3O2/c1-13-2-4-14(5-3-13)10-6-9(11(15)16)7-12-8-10/h9-10,12H,2-8H2,1H3,(H,15,16)/t9-,10+/m0/s1. The van der Waals surface area contributed by atoms with Gasteiger partial charge in [-0.15, -0.1) is 0 Å². The summed E-state index contributed by atoms with van der Waals surface area (Å²) in [6.07, 6.45) is 0.798. The molecule has 2 atom stereocenters. The molecular weight excluding hydrogens is 206 g/mol. The average molecular weight is 227 g/mol. The Morgan fingerprint density at radius 3 is 2.56 bits per heavy atom. The SMILES string of the molecule is CN1CCN([C@H]2CNC[C@@H](C(=O)O)C2)CC1. The van der Waals surface area contributed by atoms with Crippen molar-refractivity contribution in [1.82, 2.24) is 15.1 Å². The van der Waals surface area contributed by atoms with Crippen LogP contribution in [0.1, 0.15) is 6.42 Å². The number of aliphatic carboxylic acids is 1. The van der Waals surface area contributed by atoms with Crippen LogP contribution in [-0.4, -0.2) is 73.2 Å². The molecule has 0 radical (unpaired) electrons. The van der Waals surface area contributed by atoms with Crippen LogP contribution in [0.5, 0.6) is 0 Å². The Kier molecular flexibility index (Phi) is 3.78. The van der Waals surface area contributed by atoms with Gasteiger partial charge in [0.15, 0.2) is 0 Å². The molecule has 0 aromatic carbocycles. The maximum absolute atomic E-state index is 11.0. The summed E-state index contributed by atoms with van der Waals surface area (Å²) < 4.78 is 0. The fourth-order valence-electron chi connectivity index (χ4n) is 2.57. The maximum atomic E-state index is 11.0. The summed E-state index contributed by atoms with van der Waals surface area (Å²) >= 11 is 0. The van der Waals surface area contributed by atoms with Crippen LogP contribution in [0, 0.1) is 5.92 Å². The average Bonchev–Trinajstić information content (AvgIpc) is 2.30. The molecule has 0 unspecified atom stereocenters. The Hall–Kier alpha value is -0.650. The van der Waals surface area contributed by atoms with Crippen molar-refractivity contribution in [3.05, 3.63) is 0 Å². The van der Waals surface area contributed by atoms with Crippen molar-refractivity contribution >= 4 is 5.97 Å². The highest BCUT2D eigenvalue weighted by Crippen LogP contribution is 2.17. The Balaban J connectivity index is 1.87. The van der Waals surface area contributed by atoms with Gasteiger partial charge >= 0.3 is 5.97 Å². The van der Waals surface area contributed by atoms with E-state index in [0.29, 0.717) is 12.6 Å². The smallest absolute Gasteiger partial charge is 0.307 e. The van der Waals surface area contributed by atoms with Crippen LogP contribution in [0.3, 0.4) is 0 Å². The molecule has 0 spiro atoms. The first-order chi connectivity index (χ1) is 7.66. The lowest BCUT2D eigenvalue weighted by molar-refractivity contribution is -0.143. The molecule has 92 valence electrons. The van der Waals surface area contributed by atoms with E-state index in [4.69, 9.17) is 5.11 Å². The third-order valence-corrected chi connectivity index (χ3v) is 3.73. The number of piperazine rings is 1. The topological polar surface area (TPSA) is 55.8 Å². The molecule has 2 saturated heterocycles. The van der Waals surface area contributed by atoms with Crippen molar-refractivity contribution in [3.63, 3.8) is 0 Å². The molecule has 0 saturated carbocycles. The van der Waals surface area contributed by atoms with Gasteiger partial charge in [-0.25, -0.2) is 0 Å². The first kappa shape index (κ1) is 11.8. The monoisotopic (exact) mass is 227 g/mol. The molecule has 2 N–H and O–H groups in total. The van der Waals surface area contributed by atoms with Gasteiger partial charge in [0.25, 0.3) is 0 Å². The van der Waals surface area contributed by atoms with Crippen LogP contribution in [0.15, 0.2) is 0 Å². The van der Waals surface area contributed by atoms with E-state index in [1.807, 2.05) is 0 Å². The Bertz CT molecular complexity index is 252. The molecule has 0 amide bonds. The van der Waals surface area contributed by atoms with Crippen LogP contribution in [0.25, 0.3) is 0 Å². The minimum Gasteiger partial charge on any atom is -0.481 e. The van der Waals surface area contributed by atoms with Gasteiger partial charge in [0.1, 0.15) is 0 Å². The van der Waals surface area contributed by atoms with Gasteiger partial charge in [-0.05, 0) is 13.5 Å². The fraction of sp³-hybridized carbons (Fsp3) is 0.909. The zero-order valence-electron chi connectivity index (χ0n) is 9.85. The normalized spacial score (nSPS) is 33.8. The third kappa shape index (κ3) is 2.72.